The molecule has 0 spiro atoms. The Morgan fingerprint density at radius 3 is 2.68 bits per heavy atom. The van der Waals surface area contributed by atoms with Gasteiger partial charge in [-0.1, -0.05) is 6.92 Å². The number of pyridine rings is 1. The third-order valence-corrected chi connectivity index (χ3v) is 4.57. The number of carbonyl (C=O) groups is 2. The predicted molar refractivity (Wildman–Crippen MR) is 114 cm³/mol. The number of anilines is 1. The number of hydrogen-bond donors (Lipinski definition) is 2. The summed E-state index contributed by atoms with van der Waals surface area (Å²) in [5, 5.41) is 2.91. The molecular weight excluding hydrogens is 404 g/mol. The Hall–Kier alpha value is -3.95. The number of aryl methyl sites for hydroxylation is 2. The SMILES string of the molecule is CCCn1c(=O)[nH]c(=O)c2cc(C(=O)Nc3ccc(OCC(=O)OC)cc3C)cnc21. The fourth-order valence-corrected chi connectivity index (χ4v) is 2.98. The van der Waals surface area contributed by atoms with Crippen LogP contribution in [0.4, 0.5) is 5.69 Å². The van der Waals surface area contributed by atoms with Gasteiger partial charge < -0.3 is 14.8 Å². The Morgan fingerprint density at radius 2 is 2.00 bits per heavy atom. The van der Waals surface area contributed by atoms with Crippen molar-refractivity contribution in [3.63, 3.8) is 0 Å². The molecule has 2 N–H and O–H groups in total. The van der Waals surface area contributed by atoms with Crippen LogP contribution in [0.5, 0.6) is 5.75 Å². The second-order valence-electron chi connectivity index (χ2n) is 6.80. The van der Waals surface area contributed by atoms with Crippen LogP contribution >= 0.6 is 0 Å². The van der Waals surface area contributed by atoms with Crippen LogP contribution in [0.25, 0.3) is 11.0 Å². The molecule has 10 heteroatoms. The summed E-state index contributed by atoms with van der Waals surface area (Å²) in [5.74, 6) is -0.514. The molecular formula is C21H22N4O6. The minimum Gasteiger partial charge on any atom is -0.482 e. The molecule has 3 rings (SSSR count). The molecule has 1 aromatic carbocycles. The molecule has 0 fully saturated rings. The summed E-state index contributed by atoms with van der Waals surface area (Å²) in [6.07, 6.45) is 2.01. The van der Waals surface area contributed by atoms with Gasteiger partial charge in [0.15, 0.2) is 6.61 Å². The summed E-state index contributed by atoms with van der Waals surface area (Å²) in [4.78, 5) is 54.6. The molecule has 0 aliphatic rings. The number of aromatic nitrogens is 3. The van der Waals surface area contributed by atoms with Crippen molar-refractivity contribution in [1.82, 2.24) is 14.5 Å². The first-order valence-electron chi connectivity index (χ1n) is 9.58. The van der Waals surface area contributed by atoms with Gasteiger partial charge in [0.2, 0.25) is 0 Å². The Labute approximate surface area is 176 Å². The highest BCUT2D eigenvalue weighted by Crippen LogP contribution is 2.22. The summed E-state index contributed by atoms with van der Waals surface area (Å²) in [6, 6.07) is 6.33. The van der Waals surface area contributed by atoms with E-state index in [1.165, 1.54) is 23.9 Å². The van der Waals surface area contributed by atoms with Gasteiger partial charge >= 0.3 is 11.7 Å². The van der Waals surface area contributed by atoms with Gasteiger partial charge in [0, 0.05) is 18.4 Å². The lowest BCUT2D eigenvalue weighted by Gasteiger charge is -2.12. The van der Waals surface area contributed by atoms with Crippen LogP contribution in [0.3, 0.4) is 0 Å². The largest absolute Gasteiger partial charge is 0.482 e. The topological polar surface area (TPSA) is 132 Å². The molecule has 3 aromatic rings. The van der Waals surface area contributed by atoms with Gasteiger partial charge in [-0.2, -0.15) is 0 Å². The van der Waals surface area contributed by atoms with Crippen molar-refractivity contribution in [2.45, 2.75) is 26.8 Å². The van der Waals surface area contributed by atoms with Gasteiger partial charge in [0.05, 0.1) is 18.1 Å². The smallest absolute Gasteiger partial charge is 0.343 e. The molecule has 2 aromatic heterocycles. The molecule has 0 bridgehead atoms. The van der Waals surface area contributed by atoms with Crippen molar-refractivity contribution in [2.75, 3.05) is 19.0 Å². The van der Waals surface area contributed by atoms with E-state index in [1.54, 1.807) is 25.1 Å². The third-order valence-electron chi connectivity index (χ3n) is 4.57. The van der Waals surface area contributed by atoms with Crippen molar-refractivity contribution >= 4 is 28.6 Å². The lowest BCUT2D eigenvalue weighted by Crippen LogP contribution is -2.31. The number of amides is 1. The number of esters is 1. The zero-order valence-corrected chi connectivity index (χ0v) is 17.4. The van der Waals surface area contributed by atoms with Crippen LogP contribution in [-0.4, -0.2) is 40.1 Å². The quantitative estimate of drug-likeness (QED) is 0.549. The predicted octanol–water partition coefficient (Wildman–Crippen LogP) is 1.61. The number of fused-ring (bicyclic) bond motifs is 1. The van der Waals surface area contributed by atoms with Crippen molar-refractivity contribution < 1.29 is 19.1 Å². The molecule has 0 atom stereocenters. The van der Waals surface area contributed by atoms with Crippen LogP contribution in [0, 0.1) is 6.92 Å². The Kier molecular flexibility index (Phi) is 6.49. The molecule has 0 saturated heterocycles. The van der Waals surface area contributed by atoms with E-state index in [4.69, 9.17) is 4.74 Å². The van der Waals surface area contributed by atoms with Crippen LogP contribution < -0.4 is 21.3 Å². The highest BCUT2D eigenvalue weighted by molar-refractivity contribution is 6.05. The lowest BCUT2D eigenvalue weighted by molar-refractivity contribution is -0.142. The summed E-state index contributed by atoms with van der Waals surface area (Å²) < 4.78 is 11.2. The fraction of sp³-hybridized carbons (Fsp3) is 0.286. The van der Waals surface area contributed by atoms with Crippen molar-refractivity contribution in [3.8, 4) is 5.75 Å². The highest BCUT2D eigenvalue weighted by atomic mass is 16.6. The number of methoxy groups -OCH3 is 1. The lowest BCUT2D eigenvalue weighted by atomic mass is 10.1. The number of carbonyl (C=O) groups excluding carboxylic acids is 2. The number of nitrogens with zero attached hydrogens (tertiary/aromatic N) is 2. The van der Waals surface area contributed by atoms with E-state index in [0.717, 1.165) is 0 Å². The fourth-order valence-electron chi connectivity index (χ4n) is 2.98. The Bertz CT molecular complexity index is 1260. The zero-order chi connectivity index (χ0) is 22.5. The maximum absolute atomic E-state index is 12.7. The van der Waals surface area contributed by atoms with E-state index in [-0.39, 0.29) is 23.2 Å². The van der Waals surface area contributed by atoms with E-state index in [2.05, 4.69) is 20.0 Å². The Balaban J connectivity index is 1.84. The number of benzene rings is 1. The molecule has 1 amide bonds. The van der Waals surface area contributed by atoms with Crippen LogP contribution in [0.15, 0.2) is 40.1 Å². The first-order chi connectivity index (χ1) is 14.8. The molecule has 10 nitrogen and oxygen atoms in total. The monoisotopic (exact) mass is 426 g/mol. The van der Waals surface area contributed by atoms with Gasteiger partial charge in [0.1, 0.15) is 11.4 Å². The number of hydrogen-bond acceptors (Lipinski definition) is 7. The minimum atomic E-state index is -0.599. The average Bonchev–Trinajstić information content (AvgIpc) is 2.76. The molecule has 162 valence electrons. The number of H-pyrrole nitrogens is 1. The normalized spacial score (nSPS) is 10.7. The van der Waals surface area contributed by atoms with E-state index >= 15 is 0 Å². The standard InChI is InChI=1S/C21H22N4O6/c1-4-7-25-18-15(20(28)24-21(25)29)9-13(10-22-18)19(27)23-16-6-5-14(8-12(16)2)31-11-17(26)30-3/h5-6,8-10H,4,7,11H2,1-3H3,(H,23,27)(H,24,28,29). The second-order valence-corrected chi connectivity index (χ2v) is 6.80. The first-order valence-corrected chi connectivity index (χ1v) is 9.58. The van der Waals surface area contributed by atoms with E-state index in [1.807, 2.05) is 6.92 Å². The van der Waals surface area contributed by atoms with Crippen LogP contribution in [0.2, 0.25) is 0 Å². The number of nitrogens with one attached hydrogen (secondary N) is 2. The first kappa shape index (κ1) is 21.8. The minimum absolute atomic E-state index is 0.156. The summed E-state index contributed by atoms with van der Waals surface area (Å²) in [5.41, 5.74) is 0.506. The molecule has 0 aliphatic carbocycles. The Morgan fingerprint density at radius 1 is 1.23 bits per heavy atom. The molecule has 0 saturated carbocycles. The van der Waals surface area contributed by atoms with Gasteiger partial charge in [0.25, 0.3) is 11.5 Å². The van der Waals surface area contributed by atoms with Crippen LogP contribution in [0.1, 0.15) is 29.3 Å². The van der Waals surface area contributed by atoms with E-state index in [0.29, 0.717) is 30.0 Å². The van der Waals surface area contributed by atoms with E-state index in [9.17, 15) is 19.2 Å². The van der Waals surface area contributed by atoms with Gasteiger partial charge in [-0.25, -0.2) is 14.6 Å². The van der Waals surface area contributed by atoms with Crippen molar-refractivity contribution in [3.05, 3.63) is 62.4 Å². The summed E-state index contributed by atoms with van der Waals surface area (Å²) >= 11 is 0. The van der Waals surface area contributed by atoms with Gasteiger partial charge in [-0.05, 0) is 43.2 Å². The molecule has 0 unspecified atom stereocenters. The van der Waals surface area contributed by atoms with Gasteiger partial charge in [-0.3, -0.25) is 19.1 Å². The molecule has 31 heavy (non-hydrogen) atoms. The van der Waals surface area contributed by atoms with Crippen molar-refractivity contribution in [2.24, 2.45) is 0 Å². The van der Waals surface area contributed by atoms with Crippen molar-refractivity contribution in [1.29, 1.82) is 0 Å². The van der Waals surface area contributed by atoms with Gasteiger partial charge in [-0.15, -0.1) is 0 Å². The number of ether oxygens (including phenoxy) is 2. The maximum Gasteiger partial charge on any atom is 0.343 e. The number of aromatic amines is 1. The summed E-state index contributed by atoms with van der Waals surface area (Å²) in [7, 11) is 1.27. The number of rotatable bonds is 7. The average molecular weight is 426 g/mol. The van der Waals surface area contributed by atoms with E-state index < -0.39 is 23.1 Å². The molecule has 0 aliphatic heterocycles. The summed E-state index contributed by atoms with van der Waals surface area (Å²) in [6.45, 7) is 3.85. The zero-order valence-electron chi connectivity index (χ0n) is 17.4. The highest BCUT2D eigenvalue weighted by Gasteiger charge is 2.14. The maximum atomic E-state index is 12.7. The molecule has 0 radical (unpaired) electrons. The van der Waals surface area contributed by atoms with Crippen LogP contribution in [-0.2, 0) is 16.1 Å². The molecule has 2 heterocycles. The second kappa shape index (κ2) is 9.24. The third kappa shape index (κ3) is 4.80.